The van der Waals surface area contributed by atoms with E-state index in [0.29, 0.717) is 29.2 Å². The molecule has 0 saturated heterocycles. The number of allylic oxidation sites excluding steroid dienone is 1. The molecule has 0 aromatic heterocycles. The van der Waals surface area contributed by atoms with Crippen molar-refractivity contribution in [3.63, 3.8) is 0 Å². The summed E-state index contributed by atoms with van der Waals surface area (Å²) in [6.45, 7) is 13.1. The first-order valence-electron chi connectivity index (χ1n) is 12.4. The summed E-state index contributed by atoms with van der Waals surface area (Å²) in [6, 6.07) is 11.5. The van der Waals surface area contributed by atoms with Crippen LogP contribution in [0, 0.1) is 0 Å². The van der Waals surface area contributed by atoms with Gasteiger partial charge in [-0.3, -0.25) is 9.69 Å². The van der Waals surface area contributed by atoms with E-state index in [9.17, 15) is 9.90 Å². The van der Waals surface area contributed by atoms with Gasteiger partial charge < -0.3 is 14.7 Å². The Kier molecular flexibility index (Phi) is 8.95. The van der Waals surface area contributed by atoms with Crippen molar-refractivity contribution < 1.29 is 14.6 Å². The van der Waals surface area contributed by atoms with E-state index in [4.69, 9.17) is 4.74 Å². The SMILES string of the molecule is CCCCN(CCCC)Cc1c(O)ccc2c1O/C(=C/c1ccc(N(CC)CC)cc1)C2=O. The molecule has 2 aromatic rings. The van der Waals surface area contributed by atoms with Gasteiger partial charge in [0, 0.05) is 25.3 Å². The molecular weight excluding hydrogens is 412 g/mol. The van der Waals surface area contributed by atoms with Crippen LogP contribution in [0.2, 0.25) is 0 Å². The van der Waals surface area contributed by atoms with E-state index in [1.54, 1.807) is 18.2 Å². The number of carbonyl (C=O) groups is 1. The van der Waals surface area contributed by atoms with Crippen LogP contribution in [0.3, 0.4) is 0 Å². The average molecular weight is 451 g/mol. The largest absolute Gasteiger partial charge is 0.507 e. The minimum absolute atomic E-state index is 0.132. The number of ether oxygens (including phenoxy) is 1. The van der Waals surface area contributed by atoms with Gasteiger partial charge in [0.15, 0.2) is 5.76 Å². The number of anilines is 1. The lowest BCUT2D eigenvalue weighted by Gasteiger charge is -2.23. The van der Waals surface area contributed by atoms with E-state index in [1.807, 2.05) is 12.1 Å². The van der Waals surface area contributed by atoms with Gasteiger partial charge in [0.2, 0.25) is 5.78 Å². The third-order valence-electron chi connectivity index (χ3n) is 6.27. The highest BCUT2D eigenvalue weighted by Crippen LogP contribution is 2.40. The lowest BCUT2D eigenvalue weighted by Crippen LogP contribution is -2.25. The molecule has 1 aliphatic rings. The van der Waals surface area contributed by atoms with Crippen molar-refractivity contribution in [3.05, 3.63) is 58.8 Å². The Morgan fingerprint density at radius 3 is 2.12 bits per heavy atom. The smallest absolute Gasteiger partial charge is 0.231 e. The minimum atomic E-state index is -0.132. The third kappa shape index (κ3) is 5.97. The Morgan fingerprint density at radius 1 is 0.909 bits per heavy atom. The molecule has 0 spiro atoms. The Hall–Kier alpha value is -2.79. The number of phenols is 1. The van der Waals surface area contributed by atoms with Crippen LogP contribution >= 0.6 is 0 Å². The monoisotopic (exact) mass is 450 g/mol. The maximum Gasteiger partial charge on any atom is 0.231 e. The fraction of sp³-hybridized carbons (Fsp3) is 0.464. The second-order valence-corrected chi connectivity index (χ2v) is 8.63. The first kappa shape index (κ1) is 24.8. The molecule has 0 bridgehead atoms. The number of Topliss-reactive ketones (excluding diaryl/α,β-unsaturated/α-hetero) is 1. The van der Waals surface area contributed by atoms with Crippen molar-refractivity contribution in [1.29, 1.82) is 0 Å². The summed E-state index contributed by atoms with van der Waals surface area (Å²) in [4.78, 5) is 17.7. The van der Waals surface area contributed by atoms with Crippen LogP contribution in [0.4, 0.5) is 5.69 Å². The predicted molar refractivity (Wildman–Crippen MR) is 136 cm³/mol. The number of unbranched alkanes of at least 4 members (excludes halogenated alkanes) is 2. The number of benzene rings is 2. The van der Waals surface area contributed by atoms with Crippen molar-refractivity contribution in [2.75, 3.05) is 31.1 Å². The van der Waals surface area contributed by atoms with Crippen LogP contribution in [0.25, 0.3) is 6.08 Å². The molecule has 0 saturated carbocycles. The van der Waals surface area contributed by atoms with E-state index >= 15 is 0 Å². The molecule has 5 heteroatoms. The maximum atomic E-state index is 13.1. The van der Waals surface area contributed by atoms with Crippen LogP contribution in [0.5, 0.6) is 11.5 Å². The molecule has 0 amide bonds. The third-order valence-corrected chi connectivity index (χ3v) is 6.27. The molecule has 0 atom stereocenters. The van der Waals surface area contributed by atoms with Crippen LogP contribution in [0.1, 0.15) is 74.9 Å². The molecule has 178 valence electrons. The summed E-state index contributed by atoms with van der Waals surface area (Å²) >= 11 is 0. The Balaban J connectivity index is 1.84. The Bertz CT molecular complexity index is 954. The standard InChI is InChI=1S/C28H38N2O3/c1-5-9-17-29(18-10-6-2)20-24-25(31)16-15-23-27(32)26(33-28(23)24)19-21-11-13-22(14-12-21)30(7-3)8-4/h11-16,19,31H,5-10,17-18,20H2,1-4H3/b26-19+. The molecule has 0 aliphatic carbocycles. The van der Waals surface area contributed by atoms with Gasteiger partial charge in [0.25, 0.3) is 0 Å². The van der Waals surface area contributed by atoms with Gasteiger partial charge in [-0.1, -0.05) is 38.8 Å². The van der Waals surface area contributed by atoms with Crippen LogP contribution in [-0.4, -0.2) is 42.0 Å². The summed E-state index contributed by atoms with van der Waals surface area (Å²) in [5.41, 5.74) is 3.31. The second kappa shape index (κ2) is 11.9. The van der Waals surface area contributed by atoms with E-state index in [1.165, 1.54) is 0 Å². The highest BCUT2D eigenvalue weighted by molar-refractivity contribution is 6.15. The molecule has 0 radical (unpaired) electrons. The van der Waals surface area contributed by atoms with Gasteiger partial charge in [0.1, 0.15) is 11.5 Å². The number of nitrogens with zero attached hydrogens (tertiary/aromatic N) is 2. The molecule has 3 rings (SSSR count). The number of aromatic hydroxyl groups is 1. The zero-order valence-electron chi connectivity index (χ0n) is 20.6. The van der Waals surface area contributed by atoms with Gasteiger partial charge in [-0.05, 0) is 75.7 Å². The summed E-state index contributed by atoms with van der Waals surface area (Å²) < 4.78 is 6.08. The molecule has 33 heavy (non-hydrogen) atoms. The number of rotatable bonds is 12. The van der Waals surface area contributed by atoms with Crippen LogP contribution in [0.15, 0.2) is 42.2 Å². The number of fused-ring (bicyclic) bond motifs is 1. The van der Waals surface area contributed by atoms with Gasteiger partial charge in [-0.25, -0.2) is 0 Å². The average Bonchev–Trinajstić information content (AvgIpc) is 3.14. The lowest BCUT2D eigenvalue weighted by atomic mass is 10.0. The zero-order valence-corrected chi connectivity index (χ0v) is 20.6. The predicted octanol–water partition coefficient (Wildman–Crippen LogP) is 6.26. The zero-order chi connectivity index (χ0) is 23.8. The quantitative estimate of drug-likeness (QED) is 0.387. The van der Waals surface area contributed by atoms with Crippen molar-refractivity contribution in [3.8, 4) is 11.5 Å². The van der Waals surface area contributed by atoms with Crippen molar-refractivity contribution in [2.45, 2.75) is 59.9 Å². The summed E-state index contributed by atoms with van der Waals surface area (Å²) in [7, 11) is 0. The topological polar surface area (TPSA) is 53.0 Å². The normalized spacial score (nSPS) is 14.1. The fourth-order valence-electron chi connectivity index (χ4n) is 4.23. The van der Waals surface area contributed by atoms with E-state index in [2.05, 4.69) is 49.6 Å². The van der Waals surface area contributed by atoms with Gasteiger partial charge >= 0.3 is 0 Å². The molecule has 2 aromatic carbocycles. The molecule has 0 fully saturated rings. The Morgan fingerprint density at radius 2 is 1.55 bits per heavy atom. The molecule has 1 N–H and O–H groups in total. The Labute approximate surface area is 198 Å². The van der Waals surface area contributed by atoms with Crippen molar-refractivity contribution >= 4 is 17.5 Å². The molecule has 0 unspecified atom stereocenters. The van der Waals surface area contributed by atoms with Crippen LogP contribution < -0.4 is 9.64 Å². The summed E-state index contributed by atoms with van der Waals surface area (Å²) in [5.74, 6) is 0.863. The molecule has 5 nitrogen and oxygen atoms in total. The van der Waals surface area contributed by atoms with Gasteiger partial charge in [0.05, 0.1) is 11.1 Å². The summed E-state index contributed by atoms with van der Waals surface area (Å²) in [6.07, 6.45) is 6.25. The highest BCUT2D eigenvalue weighted by atomic mass is 16.5. The van der Waals surface area contributed by atoms with Crippen LogP contribution in [-0.2, 0) is 6.54 Å². The minimum Gasteiger partial charge on any atom is -0.507 e. The maximum absolute atomic E-state index is 13.1. The highest BCUT2D eigenvalue weighted by Gasteiger charge is 2.31. The lowest BCUT2D eigenvalue weighted by molar-refractivity contribution is 0.101. The van der Waals surface area contributed by atoms with Crippen molar-refractivity contribution in [2.24, 2.45) is 0 Å². The molecule has 1 heterocycles. The van der Waals surface area contributed by atoms with Gasteiger partial charge in [-0.2, -0.15) is 0 Å². The first-order valence-corrected chi connectivity index (χ1v) is 12.4. The molecule has 1 aliphatic heterocycles. The number of hydrogen-bond donors (Lipinski definition) is 1. The number of carbonyl (C=O) groups excluding carboxylic acids is 1. The fourth-order valence-corrected chi connectivity index (χ4v) is 4.23. The molecular formula is C28H38N2O3. The second-order valence-electron chi connectivity index (χ2n) is 8.63. The summed E-state index contributed by atoms with van der Waals surface area (Å²) in [5, 5.41) is 10.6. The van der Waals surface area contributed by atoms with E-state index in [0.717, 1.165) is 63.1 Å². The number of hydrogen-bond acceptors (Lipinski definition) is 5. The number of phenolic OH excluding ortho intramolecular Hbond substituents is 1. The van der Waals surface area contributed by atoms with Crippen molar-refractivity contribution in [1.82, 2.24) is 4.90 Å². The first-order chi connectivity index (χ1) is 16.0. The van der Waals surface area contributed by atoms with Gasteiger partial charge in [-0.15, -0.1) is 0 Å². The van der Waals surface area contributed by atoms with E-state index in [-0.39, 0.29) is 11.5 Å². The number of ketones is 1. The van der Waals surface area contributed by atoms with E-state index < -0.39 is 0 Å².